The molecule has 0 amide bonds. The minimum atomic E-state index is -4.46. The van der Waals surface area contributed by atoms with Gasteiger partial charge in [0, 0.05) is 13.6 Å². The van der Waals surface area contributed by atoms with Crippen LogP contribution >= 0.6 is 24.0 Å². The van der Waals surface area contributed by atoms with Gasteiger partial charge < -0.3 is 24.8 Å². The van der Waals surface area contributed by atoms with Gasteiger partial charge in [0.25, 0.3) is 0 Å². The average molecular weight is 539 g/mol. The van der Waals surface area contributed by atoms with Crippen molar-refractivity contribution in [3.63, 3.8) is 0 Å². The number of rotatable bonds is 8. The maximum Gasteiger partial charge on any atom is 0.419 e. The molecule has 0 bridgehead atoms. The molecule has 2 aromatic rings. The molecule has 0 aliphatic heterocycles. The Morgan fingerprint density at radius 2 is 1.67 bits per heavy atom. The number of nitrogens with one attached hydrogen (secondary N) is 2. The van der Waals surface area contributed by atoms with Gasteiger partial charge in [-0.3, -0.25) is 4.99 Å². The van der Waals surface area contributed by atoms with Crippen LogP contribution in [0.1, 0.15) is 11.1 Å². The van der Waals surface area contributed by atoms with Crippen LogP contribution in [0.15, 0.2) is 47.5 Å². The average Bonchev–Trinajstić information content (AvgIpc) is 2.72. The van der Waals surface area contributed by atoms with Crippen molar-refractivity contribution in [3.05, 3.63) is 53.6 Å². The van der Waals surface area contributed by atoms with Crippen molar-refractivity contribution < 1.29 is 27.4 Å². The van der Waals surface area contributed by atoms with Gasteiger partial charge in [-0.05, 0) is 29.8 Å². The minimum Gasteiger partial charge on any atom is -0.493 e. The molecule has 2 N–H and O–H groups in total. The van der Waals surface area contributed by atoms with Crippen LogP contribution in [0.5, 0.6) is 17.2 Å². The van der Waals surface area contributed by atoms with Crippen LogP contribution in [0.3, 0.4) is 0 Å². The van der Waals surface area contributed by atoms with Crippen molar-refractivity contribution in [3.8, 4) is 17.2 Å². The van der Waals surface area contributed by atoms with Crippen LogP contribution in [-0.4, -0.2) is 40.4 Å². The Kier molecular flexibility index (Phi) is 10.6. The van der Waals surface area contributed by atoms with E-state index in [1.807, 2.05) is 12.1 Å². The number of hydrogen-bond donors (Lipinski definition) is 2. The summed E-state index contributed by atoms with van der Waals surface area (Å²) in [5.74, 6) is 1.55. The number of ether oxygens (including phenoxy) is 3. The molecule has 0 fully saturated rings. The van der Waals surface area contributed by atoms with E-state index in [1.165, 1.54) is 18.2 Å². The third kappa shape index (κ3) is 7.47. The highest BCUT2D eigenvalue weighted by atomic mass is 127. The lowest BCUT2D eigenvalue weighted by Gasteiger charge is -2.15. The zero-order valence-electron chi connectivity index (χ0n) is 16.9. The van der Waals surface area contributed by atoms with Crippen LogP contribution in [-0.2, 0) is 12.7 Å². The zero-order valence-corrected chi connectivity index (χ0v) is 19.2. The molecule has 166 valence electrons. The minimum absolute atomic E-state index is 0. The Morgan fingerprint density at radius 3 is 2.30 bits per heavy atom. The third-order valence-electron chi connectivity index (χ3n) is 3.98. The number of hydrogen-bond acceptors (Lipinski definition) is 4. The molecular formula is C20H25F3IN3O3. The number of alkyl halides is 3. The molecule has 0 saturated carbocycles. The second kappa shape index (κ2) is 12.4. The third-order valence-corrected chi connectivity index (χ3v) is 3.98. The quantitative estimate of drug-likeness (QED) is 0.229. The molecule has 0 saturated heterocycles. The van der Waals surface area contributed by atoms with Crippen molar-refractivity contribution >= 4 is 29.9 Å². The largest absolute Gasteiger partial charge is 0.493 e. The lowest BCUT2D eigenvalue weighted by molar-refractivity contribution is -0.138. The van der Waals surface area contributed by atoms with E-state index >= 15 is 0 Å². The van der Waals surface area contributed by atoms with E-state index in [0.717, 1.165) is 11.6 Å². The van der Waals surface area contributed by atoms with E-state index < -0.39 is 11.7 Å². The second-order valence-electron chi connectivity index (χ2n) is 5.88. The highest BCUT2D eigenvalue weighted by molar-refractivity contribution is 14.0. The van der Waals surface area contributed by atoms with Gasteiger partial charge in [0.1, 0.15) is 12.4 Å². The summed E-state index contributed by atoms with van der Waals surface area (Å²) in [5, 5.41) is 6.11. The second-order valence-corrected chi connectivity index (χ2v) is 5.88. The first-order valence-electron chi connectivity index (χ1n) is 8.83. The summed E-state index contributed by atoms with van der Waals surface area (Å²) >= 11 is 0. The Labute approximate surface area is 190 Å². The van der Waals surface area contributed by atoms with Gasteiger partial charge in [-0.1, -0.05) is 18.2 Å². The molecular weight excluding hydrogens is 514 g/mol. The van der Waals surface area contributed by atoms with Gasteiger partial charge in [0.15, 0.2) is 17.5 Å². The SMILES string of the molecule is CN=C(NCCOc1ccccc1C(F)(F)F)NCc1ccc(OC)c(OC)c1.I. The van der Waals surface area contributed by atoms with E-state index in [1.54, 1.807) is 27.3 Å². The normalized spacial score (nSPS) is 11.3. The summed E-state index contributed by atoms with van der Waals surface area (Å²) in [6, 6.07) is 10.7. The molecule has 0 heterocycles. The molecule has 0 aliphatic rings. The number of guanidine groups is 1. The first-order valence-corrected chi connectivity index (χ1v) is 8.83. The smallest absolute Gasteiger partial charge is 0.419 e. The summed E-state index contributed by atoms with van der Waals surface area (Å²) in [7, 11) is 4.73. The van der Waals surface area contributed by atoms with E-state index in [9.17, 15) is 13.2 Å². The summed E-state index contributed by atoms with van der Waals surface area (Å²) in [5.41, 5.74) is 0.150. The molecule has 2 aromatic carbocycles. The number of methoxy groups -OCH3 is 2. The van der Waals surface area contributed by atoms with Gasteiger partial charge in [-0.15, -0.1) is 24.0 Å². The van der Waals surface area contributed by atoms with Gasteiger partial charge in [0.05, 0.1) is 26.3 Å². The van der Waals surface area contributed by atoms with Crippen LogP contribution < -0.4 is 24.8 Å². The van der Waals surface area contributed by atoms with Gasteiger partial charge in [-0.25, -0.2) is 0 Å². The molecule has 10 heteroatoms. The molecule has 0 radical (unpaired) electrons. The maximum absolute atomic E-state index is 13.0. The zero-order chi connectivity index (χ0) is 21.3. The van der Waals surface area contributed by atoms with Crippen molar-refractivity contribution in [1.29, 1.82) is 0 Å². The van der Waals surface area contributed by atoms with E-state index in [4.69, 9.17) is 14.2 Å². The van der Waals surface area contributed by atoms with E-state index in [-0.39, 0.29) is 42.9 Å². The summed E-state index contributed by atoms with van der Waals surface area (Å²) < 4.78 is 54.6. The fourth-order valence-corrected chi connectivity index (χ4v) is 2.55. The summed E-state index contributed by atoms with van der Waals surface area (Å²) in [6.07, 6.45) is -4.46. The van der Waals surface area contributed by atoms with E-state index in [0.29, 0.717) is 24.0 Å². The van der Waals surface area contributed by atoms with Crippen LogP contribution in [0.2, 0.25) is 0 Å². The van der Waals surface area contributed by atoms with Crippen molar-refractivity contribution in [2.75, 3.05) is 34.4 Å². The Hall–Kier alpha value is -2.37. The molecule has 6 nitrogen and oxygen atoms in total. The maximum atomic E-state index is 13.0. The number of nitrogens with zero attached hydrogens (tertiary/aromatic N) is 1. The Bertz CT molecular complexity index is 832. The predicted octanol–water partition coefficient (Wildman–Crippen LogP) is 4.08. The first-order chi connectivity index (χ1) is 13.9. The Morgan fingerprint density at radius 1 is 0.967 bits per heavy atom. The lowest BCUT2D eigenvalue weighted by Crippen LogP contribution is -2.38. The number of benzene rings is 2. The van der Waals surface area contributed by atoms with Gasteiger partial charge in [0.2, 0.25) is 0 Å². The number of aliphatic imine (C=N–C) groups is 1. The van der Waals surface area contributed by atoms with Crippen molar-refractivity contribution in [2.45, 2.75) is 12.7 Å². The summed E-state index contributed by atoms with van der Waals surface area (Å²) in [6.45, 7) is 0.791. The highest BCUT2D eigenvalue weighted by Crippen LogP contribution is 2.35. The molecule has 2 rings (SSSR count). The fourth-order valence-electron chi connectivity index (χ4n) is 2.55. The molecule has 0 spiro atoms. The highest BCUT2D eigenvalue weighted by Gasteiger charge is 2.33. The molecule has 0 atom stereocenters. The molecule has 0 aromatic heterocycles. The standard InChI is InChI=1S/C20H24F3N3O3.HI/c1-24-19(26-13-14-8-9-17(27-2)18(12-14)28-3)25-10-11-29-16-7-5-4-6-15(16)20(21,22)23;/h4-9,12H,10-11,13H2,1-3H3,(H2,24,25,26);1H. The van der Waals surface area contributed by atoms with Gasteiger partial charge >= 0.3 is 6.18 Å². The molecule has 0 unspecified atom stereocenters. The van der Waals surface area contributed by atoms with E-state index in [2.05, 4.69) is 15.6 Å². The first kappa shape index (κ1) is 25.7. The van der Waals surface area contributed by atoms with Crippen LogP contribution in [0, 0.1) is 0 Å². The van der Waals surface area contributed by atoms with Crippen molar-refractivity contribution in [2.24, 2.45) is 4.99 Å². The topological polar surface area (TPSA) is 64.1 Å². The molecule has 30 heavy (non-hydrogen) atoms. The van der Waals surface area contributed by atoms with Crippen LogP contribution in [0.4, 0.5) is 13.2 Å². The number of halogens is 4. The van der Waals surface area contributed by atoms with Crippen molar-refractivity contribution in [1.82, 2.24) is 10.6 Å². The summed E-state index contributed by atoms with van der Waals surface area (Å²) in [4.78, 5) is 4.08. The number of para-hydroxylation sites is 1. The van der Waals surface area contributed by atoms with Gasteiger partial charge in [-0.2, -0.15) is 13.2 Å². The predicted molar refractivity (Wildman–Crippen MR) is 120 cm³/mol. The lowest BCUT2D eigenvalue weighted by atomic mass is 10.2. The monoisotopic (exact) mass is 539 g/mol. The molecule has 0 aliphatic carbocycles. The fraction of sp³-hybridized carbons (Fsp3) is 0.350. The van der Waals surface area contributed by atoms with Crippen LogP contribution in [0.25, 0.3) is 0 Å². The Balaban J connectivity index is 0.00000450.